The van der Waals surface area contributed by atoms with E-state index < -0.39 is 0 Å². The Hall–Kier alpha value is -5.92. The fourth-order valence-electron chi connectivity index (χ4n) is 7.43. The Bertz CT molecular complexity index is 2820. The molecular formula is C44H26O. The number of furan rings is 1. The Morgan fingerprint density at radius 1 is 0.311 bits per heavy atom. The lowest BCUT2D eigenvalue weighted by Crippen LogP contribution is -1.89. The smallest absolute Gasteiger partial charge is 0.136 e. The van der Waals surface area contributed by atoms with E-state index in [2.05, 4.69) is 158 Å². The maximum Gasteiger partial charge on any atom is 0.136 e. The van der Waals surface area contributed by atoms with E-state index in [0.717, 1.165) is 27.5 Å². The molecule has 1 heterocycles. The van der Waals surface area contributed by atoms with Gasteiger partial charge in [-0.2, -0.15) is 0 Å². The molecule has 9 aromatic carbocycles. The van der Waals surface area contributed by atoms with Crippen LogP contribution in [0.1, 0.15) is 0 Å². The van der Waals surface area contributed by atoms with E-state index in [1.54, 1.807) is 0 Å². The third-order valence-corrected chi connectivity index (χ3v) is 9.56. The summed E-state index contributed by atoms with van der Waals surface area (Å²) >= 11 is 0. The molecule has 0 bridgehead atoms. The fraction of sp³-hybridized carbons (Fsp3) is 0. The van der Waals surface area contributed by atoms with Crippen LogP contribution in [0.3, 0.4) is 0 Å². The average molecular weight is 571 g/mol. The summed E-state index contributed by atoms with van der Waals surface area (Å²) < 4.78 is 6.77. The Labute approximate surface area is 259 Å². The predicted molar refractivity (Wildman–Crippen MR) is 192 cm³/mol. The summed E-state index contributed by atoms with van der Waals surface area (Å²) in [5, 5.41) is 14.7. The van der Waals surface area contributed by atoms with E-state index in [9.17, 15) is 0 Å². The second kappa shape index (κ2) is 9.29. The minimum atomic E-state index is 0.905. The maximum absolute atomic E-state index is 6.77. The summed E-state index contributed by atoms with van der Waals surface area (Å²) in [6.45, 7) is 0. The van der Waals surface area contributed by atoms with Gasteiger partial charge >= 0.3 is 0 Å². The van der Waals surface area contributed by atoms with Gasteiger partial charge < -0.3 is 4.42 Å². The molecule has 10 aromatic rings. The molecule has 208 valence electrons. The van der Waals surface area contributed by atoms with Crippen molar-refractivity contribution < 1.29 is 4.42 Å². The van der Waals surface area contributed by atoms with Crippen molar-refractivity contribution >= 4 is 75.8 Å². The minimum Gasteiger partial charge on any atom is -0.456 e. The van der Waals surface area contributed by atoms with Crippen LogP contribution in [-0.2, 0) is 0 Å². The number of hydrogen-bond donors (Lipinski definition) is 0. The zero-order chi connectivity index (χ0) is 29.5. The number of hydrogen-bond acceptors (Lipinski definition) is 1. The molecule has 0 fully saturated rings. The quantitative estimate of drug-likeness (QED) is 0.149. The topological polar surface area (TPSA) is 13.1 Å². The number of fused-ring (bicyclic) bond motifs is 9. The van der Waals surface area contributed by atoms with E-state index in [1.165, 1.54) is 70.6 Å². The Morgan fingerprint density at radius 3 is 1.76 bits per heavy atom. The summed E-state index contributed by atoms with van der Waals surface area (Å²) in [6, 6.07) is 57.5. The standard InChI is InChI=1S/C44H26O/c1-2-11-29-21-32(18-17-27(29)9-1)34-24-40(44-39-22-30-12-3-4-13-31(30)25-41(39)45-42(44)26-34)43-36-16-8-6-14-33(36)23-38-35-15-7-5-10-28(35)19-20-37(38)43/h1-26H. The van der Waals surface area contributed by atoms with Gasteiger partial charge in [-0.1, -0.05) is 121 Å². The highest BCUT2D eigenvalue weighted by Crippen LogP contribution is 2.46. The highest BCUT2D eigenvalue weighted by Gasteiger charge is 2.20. The van der Waals surface area contributed by atoms with Crippen molar-refractivity contribution in [1.29, 1.82) is 0 Å². The first kappa shape index (κ1) is 24.5. The van der Waals surface area contributed by atoms with Gasteiger partial charge in [0, 0.05) is 10.8 Å². The molecule has 10 rings (SSSR count). The first-order valence-electron chi connectivity index (χ1n) is 15.5. The normalized spacial score (nSPS) is 12.0. The highest BCUT2D eigenvalue weighted by molar-refractivity contribution is 6.25. The first-order chi connectivity index (χ1) is 22.3. The van der Waals surface area contributed by atoms with E-state index in [4.69, 9.17) is 4.42 Å². The molecule has 45 heavy (non-hydrogen) atoms. The van der Waals surface area contributed by atoms with Gasteiger partial charge in [0.1, 0.15) is 11.2 Å². The molecule has 0 saturated heterocycles. The summed E-state index contributed by atoms with van der Waals surface area (Å²) in [4.78, 5) is 0. The lowest BCUT2D eigenvalue weighted by molar-refractivity contribution is 0.669. The van der Waals surface area contributed by atoms with E-state index in [-0.39, 0.29) is 0 Å². The number of benzene rings is 9. The van der Waals surface area contributed by atoms with E-state index >= 15 is 0 Å². The van der Waals surface area contributed by atoms with Crippen LogP contribution < -0.4 is 0 Å². The van der Waals surface area contributed by atoms with Crippen molar-refractivity contribution in [3.05, 3.63) is 158 Å². The van der Waals surface area contributed by atoms with Crippen molar-refractivity contribution in [3.63, 3.8) is 0 Å². The zero-order valence-corrected chi connectivity index (χ0v) is 24.4. The van der Waals surface area contributed by atoms with Crippen LogP contribution in [0.2, 0.25) is 0 Å². The summed E-state index contributed by atoms with van der Waals surface area (Å²) in [5.74, 6) is 0. The second-order valence-corrected chi connectivity index (χ2v) is 12.1. The van der Waals surface area contributed by atoms with Crippen LogP contribution >= 0.6 is 0 Å². The van der Waals surface area contributed by atoms with Crippen LogP contribution in [0.15, 0.2) is 162 Å². The van der Waals surface area contributed by atoms with Crippen molar-refractivity contribution in [2.75, 3.05) is 0 Å². The third-order valence-electron chi connectivity index (χ3n) is 9.56. The third kappa shape index (κ3) is 3.68. The molecule has 1 aromatic heterocycles. The zero-order valence-electron chi connectivity index (χ0n) is 24.4. The molecule has 0 unspecified atom stereocenters. The van der Waals surface area contributed by atoms with Crippen LogP contribution in [-0.4, -0.2) is 0 Å². The van der Waals surface area contributed by atoms with Crippen molar-refractivity contribution in [3.8, 4) is 22.3 Å². The predicted octanol–water partition coefficient (Wildman–Crippen LogP) is 12.7. The fourth-order valence-corrected chi connectivity index (χ4v) is 7.43. The summed E-state index contributed by atoms with van der Waals surface area (Å²) in [6.07, 6.45) is 0. The molecule has 0 N–H and O–H groups in total. The molecule has 0 saturated carbocycles. The molecule has 0 aliphatic heterocycles. The number of rotatable bonds is 2. The van der Waals surface area contributed by atoms with E-state index in [0.29, 0.717) is 0 Å². The lowest BCUT2D eigenvalue weighted by Gasteiger charge is -2.16. The molecule has 1 nitrogen and oxygen atoms in total. The molecule has 1 heteroatoms. The Kier molecular flexibility index (Phi) is 5.06. The van der Waals surface area contributed by atoms with Gasteiger partial charge in [-0.3, -0.25) is 0 Å². The molecule has 0 amide bonds. The Morgan fingerprint density at radius 2 is 0.933 bits per heavy atom. The van der Waals surface area contributed by atoms with Crippen LogP contribution in [0.4, 0.5) is 0 Å². The summed E-state index contributed by atoms with van der Waals surface area (Å²) in [7, 11) is 0. The van der Waals surface area contributed by atoms with Gasteiger partial charge in [0.05, 0.1) is 0 Å². The largest absolute Gasteiger partial charge is 0.456 e. The SMILES string of the molecule is c1ccc2cc(-c3cc(-c4c5ccccc5cc5c4ccc4ccccc45)c4c(c3)oc3cc5ccccc5cc34)ccc2c1. The molecular weight excluding hydrogens is 544 g/mol. The molecule has 0 radical (unpaired) electrons. The molecule has 0 aliphatic carbocycles. The van der Waals surface area contributed by atoms with Gasteiger partial charge in [-0.25, -0.2) is 0 Å². The Balaban J connectivity index is 1.40. The van der Waals surface area contributed by atoms with Crippen molar-refractivity contribution in [1.82, 2.24) is 0 Å². The van der Waals surface area contributed by atoms with E-state index in [1.807, 2.05) is 0 Å². The maximum atomic E-state index is 6.77. The van der Waals surface area contributed by atoms with Gasteiger partial charge in [0.25, 0.3) is 0 Å². The monoisotopic (exact) mass is 570 g/mol. The van der Waals surface area contributed by atoms with Gasteiger partial charge in [-0.05, 0) is 113 Å². The van der Waals surface area contributed by atoms with Gasteiger partial charge in [-0.15, -0.1) is 0 Å². The van der Waals surface area contributed by atoms with Crippen LogP contribution in [0.5, 0.6) is 0 Å². The molecule has 0 aliphatic rings. The van der Waals surface area contributed by atoms with Gasteiger partial charge in [0.2, 0.25) is 0 Å². The van der Waals surface area contributed by atoms with Crippen molar-refractivity contribution in [2.45, 2.75) is 0 Å². The minimum absolute atomic E-state index is 0.905. The lowest BCUT2D eigenvalue weighted by atomic mass is 9.86. The molecule has 0 atom stereocenters. The first-order valence-corrected chi connectivity index (χ1v) is 15.5. The molecule has 0 spiro atoms. The van der Waals surface area contributed by atoms with Crippen LogP contribution in [0.25, 0.3) is 98.1 Å². The average Bonchev–Trinajstić information content (AvgIpc) is 3.46. The van der Waals surface area contributed by atoms with Crippen LogP contribution in [0, 0.1) is 0 Å². The summed E-state index contributed by atoms with van der Waals surface area (Å²) in [5.41, 5.74) is 6.59. The second-order valence-electron chi connectivity index (χ2n) is 12.1. The highest BCUT2D eigenvalue weighted by atomic mass is 16.3. The van der Waals surface area contributed by atoms with Gasteiger partial charge in [0.15, 0.2) is 0 Å². The van der Waals surface area contributed by atoms with Crippen molar-refractivity contribution in [2.24, 2.45) is 0 Å².